The summed E-state index contributed by atoms with van der Waals surface area (Å²) in [7, 11) is 1.47. The zero-order chi connectivity index (χ0) is 13.6. The predicted octanol–water partition coefficient (Wildman–Crippen LogP) is 1.51. The molecule has 0 saturated carbocycles. The lowest BCUT2D eigenvalue weighted by atomic mass is 9.91. The van der Waals surface area contributed by atoms with Gasteiger partial charge in [-0.2, -0.15) is 0 Å². The van der Waals surface area contributed by atoms with Crippen molar-refractivity contribution in [3.8, 4) is 0 Å². The Morgan fingerprint density at radius 1 is 1.39 bits per heavy atom. The van der Waals surface area contributed by atoms with Crippen LogP contribution in [0.25, 0.3) is 0 Å². The maximum absolute atomic E-state index is 11.7. The Kier molecular flexibility index (Phi) is 6.09. The van der Waals surface area contributed by atoms with E-state index in [-0.39, 0.29) is 5.97 Å². The molecule has 1 heterocycles. The van der Waals surface area contributed by atoms with Crippen molar-refractivity contribution >= 4 is 5.97 Å². The molecule has 106 valence electrons. The highest BCUT2D eigenvalue weighted by atomic mass is 16.5. The van der Waals surface area contributed by atoms with Gasteiger partial charge in [-0.1, -0.05) is 6.92 Å². The van der Waals surface area contributed by atoms with E-state index in [0.717, 1.165) is 38.6 Å². The highest BCUT2D eigenvalue weighted by Gasteiger charge is 2.31. The molecule has 1 saturated heterocycles. The zero-order valence-corrected chi connectivity index (χ0v) is 12.3. The Morgan fingerprint density at radius 2 is 2.00 bits per heavy atom. The fourth-order valence-corrected chi connectivity index (χ4v) is 2.63. The summed E-state index contributed by atoms with van der Waals surface area (Å²) in [6, 6.07) is 0. The summed E-state index contributed by atoms with van der Waals surface area (Å²) >= 11 is 0. The average molecular weight is 256 g/mol. The number of carbonyl (C=O) groups excluding carboxylic acids is 1. The van der Waals surface area contributed by atoms with Gasteiger partial charge in [0.2, 0.25) is 0 Å². The van der Waals surface area contributed by atoms with Crippen molar-refractivity contribution in [2.45, 2.75) is 33.6 Å². The lowest BCUT2D eigenvalue weighted by Crippen LogP contribution is -2.43. The summed E-state index contributed by atoms with van der Waals surface area (Å²) in [6.45, 7) is 11.2. The third-order valence-electron chi connectivity index (χ3n) is 3.78. The number of hydrogen-bond donors (Lipinski definition) is 1. The molecule has 0 unspecified atom stereocenters. The second kappa shape index (κ2) is 7.10. The molecule has 0 aromatic heterocycles. The molecule has 1 N–H and O–H groups in total. The number of piperidine rings is 1. The molecule has 1 aliphatic heterocycles. The Hall–Kier alpha value is -0.610. The molecule has 0 spiro atoms. The molecule has 1 aliphatic rings. The Balaban J connectivity index is 2.47. The van der Waals surface area contributed by atoms with Crippen LogP contribution >= 0.6 is 0 Å². The van der Waals surface area contributed by atoms with E-state index >= 15 is 0 Å². The van der Waals surface area contributed by atoms with E-state index in [4.69, 9.17) is 4.74 Å². The molecule has 0 bridgehead atoms. The van der Waals surface area contributed by atoms with Gasteiger partial charge in [-0.3, -0.25) is 4.79 Å². The minimum atomic E-state index is -0.419. The standard InChI is InChI=1S/C14H28N2O2/c1-5-16(10-12-6-8-15-9-7-12)11-14(2,3)13(17)18-4/h12,15H,5-11H2,1-4H3. The molecule has 4 nitrogen and oxygen atoms in total. The summed E-state index contributed by atoms with van der Waals surface area (Å²) in [4.78, 5) is 14.1. The monoisotopic (exact) mass is 256 g/mol. The minimum Gasteiger partial charge on any atom is -0.469 e. The predicted molar refractivity (Wildman–Crippen MR) is 73.5 cm³/mol. The van der Waals surface area contributed by atoms with Crippen molar-refractivity contribution in [3.63, 3.8) is 0 Å². The van der Waals surface area contributed by atoms with Crippen molar-refractivity contribution in [2.75, 3.05) is 39.8 Å². The van der Waals surface area contributed by atoms with Gasteiger partial charge in [0, 0.05) is 13.1 Å². The molecule has 0 atom stereocenters. The smallest absolute Gasteiger partial charge is 0.312 e. The first-order valence-electron chi connectivity index (χ1n) is 7.01. The number of hydrogen-bond acceptors (Lipinski definition) is 4. The lowest BCUT2D eigenvalue weighted by molar-refractivity contribution is -0.151. The molecule has 0 aromatic rings. The number of esters is 1. The quantitative estimate of drug-likeness (QED) is 0.731. The zero-order valence-electron chi connectivity index (χ0n) is 12.3. The second-order valence-electron chi connectivity index (χ2n) is 5.90. The topological polar surface area (TPSA) is 41.6 Å². The van der Waals surface area contributed by atoms with Crippen LogP contribution in [-0.4, -0.2) is 50.7 Å². The Labute approximate surface area is 111 Å². The maximum atomic E-state index is 11.7. The third-order valence-corrected chi connectivity index (χ3v) is 3.78. The summed E-state index contributed by atoms with van der Waals surface area (Å²) < 4.78 is 4.87. The number of rotatable bonds is 6. The van der Waals surface area contributed by atoms with Gasteiger partial charge in [0.05, 0.1) is 12.5 Å². The van der Waals surface area contributed by atoms with Gasteiger partial charge in [0.15, 0.2) is 0 Å². The first kappa shape index (κ1) is 15.4. The second-order valence-corrected chi connectivity index (χ2v) is 5.90. The van der Waals surface area contributed by atoms with Crippen molar-refractivity contribution < 1.29 is 9.53 Å². The lowest BCUT2D eigenvalue weighted by Gasteiger charge is -2.33. The highest BCUT2D eigenvalue weighted by Crippen LogP contribution is 2.21. The molecule has 0 radical (unpaired) electrons. The van der Waals surface area contributed by atoms with Crippen LogP contribution in [0.15, 0.2) is 0 Å². The molecule has 1 fully saturated rings. The fourth-order valence-electron chi connectivity index (χ4n) is 2.63. The molecule has 4 heteroatoms. The number of carbonyl (C=O) groups is 1. The Morgan fingerprint density at radius 3 is 2.50 bits per heavy atom. The summed E-state index contributed by atoms with van der Waals surface area (Å²) in [5, 5.41) is 3.39. The number of nitrogens with zero attached hydrogens (tertiary/aromatic N) is 1. The molecule has 18 heavy (non-hydrogen) atoms. The number of methoxy groups -OCH3 is 1. The van der Waals surface area contributed by atoms with Crippen molar-refractivity contribution in [2.24, 2.45) is 11.3 Å². The van der Waals surface area contributed by atoms with Gasteiger partial charge >= 0.3 is 5.97 Å². The number of nitrogens with one attached hydrogen (secondary N) is 1. The molecule has 1 rings (SSSR count). The molecular formula is C14H28N2O2. The van der Waals surface area contributed by atoms with E-state index in [2.05, 4.69) is 17.1 Å². The van der Waals surface area contributed by atoms with Gasteiger partial charge in [-0.25, -0.2) is 0 Å². The van der Waals surface area contributed by atoms with Crippen LogP contribution in [0.4, 0.5) is 0 Å². The van der Waals surface area contributed by atoms with E-state index in [0.29, 0.717) is 0 Å². The van der Waals surface area contributed by atoms with E-state index in [1.54, 1.807) is 0 Å². The summed E-state index contributed by atoms with van der Waals surface area (Å²) in [5.74, 6) is 0.644. The third kappa shape index (κ3) is 4.58. The van der Waals surface area contributed by atoms with Gasteiger partial charge < -0.3 is 15.0 Å². The van der Waals surface area contributed by atoms with Gasteiger partial charge in [0.25, 0.3) is 0 Å². The van der Waals surface area contributed by atoms with Crippen molar-refractivity contribution in [3.05, 3.63) is 0 Å². The SMILES string of the molecule is CCN(CC1CCNCC1)CC(C)(C)C(=O)OC. The summed E-state index contributed by atoms with van der Waals surface area (Å²) in [6.07, 6.45) is 2.49. The largest absolute Gasteiger partial charge is 0.469 e. The molecule has 0 aromatic carbocycles. The highest BCUT2D eigenvalue weighted by molar-refractivity contribution is 5.76. The summed E-state index contributed by atoms with van der Waals surface area (Å²) in [5.41, 5.74) is -0.419. The van der Waals surface area contributed by atoms with Crippen LogP contribution in [-0.2, 0) is 9.53 Å². The molecule has 0 amide bonds. The Bertz CT molecular complexity index is 261. The van der Waals surface area contributed by atoms with Gasteiger partial charge in [0.1, 0.15) is 0 Å². The normalized spacial score (nSPS) is 18.1. The van der Waals surface area contributed by atoms with E-state index in [1.807, 2.05) is 13.8 Å². The number of ether oxygens (including phenoxy) is 1. The van der Waals surface area contributed by atoms with Gasteiger partial charge in [-0.05, 0) is 52.2 Å². The maximum Gasteiger partial charge on any atom is 0.312 e. The van der Waals surface area contributed by atoms with E-state index in [1.165, 1.54) is 20.0 Å². The van der Waals surface area contributed by atoms with Crippen LogP contribution in [0.5, 0.6) is 0 Å². The van der Waals surface area contributed by atoms with E-state index in [9.17, 15) is 4.79 Å². The molecular weight excluding hydrogens is 228 g/mol. The van der Waals surface area contributed by atoms with Gasteiger partial charge in [-0.15, -0.1) is 0 Å². The van der Waals surface area contributed by atoms with Crippen molar-refractivity contribution in [1.82, 2.24) is 10.2 Å². The molecule has 0 aliphatic carbocycles. The van der Waals surface area contributed by atoms with Crippen LogP contribution in [0.2, 0.25) is 0 Å². The average Bonchev–Trinajstić information content (AvgIpc) is 2.37. The van der Waals surface area contributed by atoms with E-state index < -0.39 is 5.41 Å². The van der Waals surface area contributed by atoms with Crippen LogP contribution in [0.3, 0.4) is 0 Å². The fraction of sp³-hybridized carbons (Fsp3) is 0.929. The van der Waals surface area contributed by atoms with Crippen molar-refractivity contribution in [1.29, 1.82) is 0 Å². The van der Waals surface area contributed by atoms with Crippen LogP contribution in [0.1, 0.15) is 33.6 Å². The van der Waals surface area contributed by atoms with Crippen LogP contribution < -0.4 is 5.32 Å². The first-order valence-corrected chi connectivity index (χ1v) is 7.01. The minimum absolute atomic E-state index is 0.119. The van der Waals surface area contributed by atoms with Crippen LogP contribution in [0, 0.1) is 11.3 Å². The first-order chi connectivity index (χ1) is 8.49.